The lowest BCUT2D eigenvalue weighted by atomic mass is 10.1. The number of nitrogens with one attached hydrogen (secondary N) is 1. The SMILES string of the molecule is Cc1noc(C)c1CC(=O)NCC(O)CC(C)C. The van der Waals surface area contributed by atoms with Crippen molar-refractivity contribution in [1.82, 2.24) is 10.5 Å². The Labute approximate surface area is 108 Å². The van der Waals surface area contributed by atoms with Crippen molar-refractivity contribution in [2.45, 2.75) is 46.6 Å². The summed E-state index contributed by atoms with van der Waals surface area (Å²) in [5.74, 6) is 0.969. The van der Waals surface area contributed by atoms with E-state index in [2.05, 4.69) is 10.5 Å². The zero-order valence-corrected chi connectivity index (χ0v) is 11.5. The van der Waals surface area contributed by atoms with E-state index in [1.54, 1.807) is 6.92 Å². The van der Waals surface area contributed by atoms with Gasteiger partial charge in [0.15, 0.2) is 0 Å². The summed E-state index contributed by atoms with van der Waals surface area (Å²) in [7, 11) is 0. The Bertz CT molecular complexity index is 379. The number of amides is 1. The second-order valence-corrected chi connectivity index (χ2v) is 5.07. The van der Waals surface area contributed by atoms with E-state index in [1.165, 1.54) is 0 Å². The highest BCUT2D eigenvalue weighted by Gasteiger charge is 2.14. The quantitative estimate of drug-likeness (QED) is 0.803. The molecule has 0 aliphatic carbocycles. The Morgan fingerprint density at radius 3 is 2.61 bits per heavy atom. The maximum Gasteiger partial charge on any atom is 0.224 e. The summed E-state index contributed by atoms with van der Waals surface area (Å²) in [5.41, 5.74) is 1.57. The number of hydrogen-bond acceptors (Lipinski definition) is 4. The molecule has 1 rings (SSSR count). The normalized spacial score (nSPS) is 12.8. The van der Waals surface area contributed by atoms with Crippen LogP contribution in [0, 0.1) is 19.8 Å². The molecule has 102 valence electrons. The first-order valence-electron chi connectivity index (χ1n) is 6.26. The highest BCUT2D eigenvalue weighted by atomic mass is 16.5. The van der Waals surface area contributed by atoms with Gasteiger partial charge in [0.2, 0.25) is 5.91 Å². The molecule has 0 saturated carbocycles. The molecule has 0 saturated heterocycles. The molecule has 1 atom stereocenters. The van der Waals surface area contributed by atoms with Gasteiger partial charge in [-0.05, 0) is 26.2 Å². The molecule has 18 heavy (non-hydrogen) atoms. The Morgan fingerprint density at radius 2 is 2.11 bits per heavy atom. The van der Waals surface area contributed by atoms with Crippen molar-refractivity contribution in [2.75, 3.05) is 6.54 Å². The number of carbonyl (C=O) groups excluding carboxylic acids is 1. The van der Waals surface area contributed by atoms with Gasteiger partial charge in [0.1, 0.15) is 5.76 Å². The number of aromatic nitrogens is 1. The summed E-state index contributed by atoms with van der Waals surface area (Å²) < 4.78 is 5.00. The Morgan fingerprint density at radius 1 is 1.44 bits per heavy atom. The van der Waals surface area contributed by atoms with Gasteiger partial charge in [-0.25, -0.2) is 0 Å². The van der Waals surface area contributed by atoms with E-state index >= 15 is 0 Å². The second kappa shape index (κ2) is 6.54. The van der Waals surface area contributed by atoms with Crippen molar-refractivity contribution in [2.24, 2.45) is 5.92 Å². The number of carbonyl (C=O) groups is 1. The molecular formula is C13H22N2O3. The highest BCUT2D eigenvalue weighted by molar-refractivity contribution is 5.79. The van der Waals surface area contributed by atoms with Crippen LogP contribution < -0.4 is 5.32 Å². The molecule has 0 aliphatic heterocycles. The van der Waals surface area contributed by atoms with E-state index in [0.717, 1.165) is 11.3 Å². The Balaban J connectivity index is 2.39. The molecule has 0 bridgehead atoms. The molecule has 0 aromatic carbocycles. The minimum atomic E-state index is -0.487. The average Bonchev–Trinajstić information content (AvgIpc) is 2.57. The monoisotopic (exact) mass is 254 g/mol. The third-order valence-corrected chi connectivity index (χ3v) is 2.80. The lowest BCUT2D eigenvalue weighted by molar-refractivity contribution is -0.121. The van der Waals surface area contributed by atoms with Crippen LogP contribution in [0.2, 0.25) is 0 Å². The topological polar surface area (TPSA) is 75.4 Å². The van der Waals surface area contributed by atoms with E-state index in [0.29, 0.717) is 24.6 Å². The molecule has 1 heterocycles. The predicted molar refractivity (Wildman–Crippen MR) is 68.2 cm³/mol. The van der Waals surface area contributed by atoms with Crippen LogP contribution in [0.4, 0.5) is 0 Å². The molecule has 0 aliphatic rings. The average molecular weight is 254 g/mol. The van der Waals surface area contributed by atoms with Crippen LogP contribution in [0.25, 0.3) is 0 Å². The van der Waals surface area contributed by atoms with Gasteiger partial charge in [-0.15, -0.1) is 0 Å². The third kappa shape index (κ3) is 4.49. The number of aliphatic hydroxyl groups excluding tert-OH is 1. The van der Waals surface area contributed by atoms with Crippen molar-refractivity contribution in [3.63, 3.8) is 0 Å². The van der Waals surface area contributed by atoms with Crippen molar-refractivity contribution in [1.29, 1.82) is 0 Å². The van der Waals surface area contributed by atoms with E-state index in [4.69, 9.17) is 4.52 Å². The fourth-order valence-electron chi connectivity index (χ4n) is 1.84. The van der Waals surface area contributed by atoms with Crippen LogP contribution in [0.1, 0.15) is 37.3 Å². The first kappa shape index (κ1) is 14.7. The van der Waals surface area contributed by atoms with Gasteiger partial charge < -0.3 is 14.9 Å². The van der Waals surface area contributed by atoms with Crippen molar-refractivity contribution >= 4 is 5.91 Å². The molecule has 5 heteroatoms. The fourth-order valence-corrected chi connectivity index (χ4v) is 1.84. The predicted octanol–water partition coefficient (Wildman–Crippen LogP) is 1.36. The molecule has 1 unspecified atom stereocenters. The van der Waals surface area contributed by atoms with Gasteiger partial charge in [0, 0.05) is 12.1 Å². The van der Waals surface area contributed by atoms with Crippen LogP contribution in [-0.4, -0.2) is 28.8 Å². The van der Waals surface area contributed by atoms with Crippen LogP contribution >= 0.6 is 0 Å². The second-order valence-electron chi connectivity index (χ2n) is 5.07. The maximum absolute atomic E-state index is 11.7. The molecule has 5 nitrogen and oxygen atoms in total. The molecular weight excluding hydrogens is 232 g/mol. The molecule has 1 aromatic heterocycles. The zero-order chi connectivity index (χ0) is 13.7. The molecule has 0 fully saturated rings. The van der Waals surface area contributed by atoms with Crippen LogP contribution in [-0.2, 0) is 11.2 Å². The maximum atomic E-state index is 11.7. The van der Waals surface area contributed by atoms with Gasteiger partial charge in [0.05, 0.1) is 18.2 Å². The van der Waals surface area contributed by atoms with Gasteiger partial charge in [-0.3, -0.25) is 4.79 Å². The van der Waals surface area contributed by atoms with Gasteiger partial charge in [-0.1, -0.05) is 19.0 Å². The smallest absolute Gasteiger partial charge is 0.224 e. The number of aryl methyl sites for hydroxylation is 2. The van der Waals surface area contributed by atoms with Gasteiger partial charge >= 0.3 is 0 Å². The first-order valence-corrected chi connectivity index (χ1v) is 6.26. The summed E-state index contributed by atoms with van der Waals surface area (Å²) in [6.07, 6.45) is 0.444. The van der Waals surface area contributed by atoms with Crippen molar-refractivity contribution in [3.05, 3.63) is 17.0 Å². The van der Waals surface area contributed by atoms with E-state index in [9.17, 15) is 9.90 Å². The zero-order valence-electron chi connectivity index (χ0n) is 11.5. The van der Waals surface area contributed by atoms with E-state index < -0.39 is 6.10 Å². The van der Waals surface area contributed by atoms with Crippen LogP contribution in [0.5, 0.6) is 0 Å². The lowest BCUT2D eigenvalue weighted by Gasteiger charge is -2.13. The molecule has 2 N–H and O–H groups in total. The lowest BCUT2D eigenvalue weighted by Crippen LogP contribution is -2.33. The molecule has 1 amide bonds. The van der Waals surface area contributed by atoms with Crippen LogP contribution in [0.15, 0.2) is 4.52 Å². The number of nitrogens with zero attached hydrogens (tertiary/aromatic N) is 1. The number of hydrogen-bond donors (Lipinski definition) is 2. The number of rotatable bonds is 6. The van der Waals surface area contributed by atoms with Gasteiger partial charge in [-0.2, -0.15) is 0 Å². The third-order valence-electron chi connectivity index (χ3n) is 2.80. The standard InChI is InChI=1S/C13H22N2O3/c1-8(2)5-11(16)7-14-13(17)6-12-9(3)15-18-10(12)4/h8,11,16H,5-7H2,1-4H3,(H,14,17). The molecule has 1 aromatic rings. The Kier molecular flexibility index (Phi) is 5.34. The Hall–Kier alpha value is -1.36. The fraction of sp³-hybridized carbons (Fsp3) is 0.692. The van der Waals surface area contributed by atoms with Crippen molar-refractivity contribution in [3.8, 4) is 0 Å². The summed E-state index contributed by atoms with van der Waals surface area (Å²) >= 11 is 0. The van der Waals surface area contributed by atoms with E-state index in [-0.39, 0.29) is 12.3 Å². The van der Waals surface area contributed by atoms with Crippen molar-refractivity contribution < 1.29 is 14.4 Å². The summed E-state index contributed by atoms with van der Waals surface area (Å²) in [6, 6.07) is 0. The summed E-state index contributed by atoms with van der Waals surface area (Å²) in [6.45, 7) is 7.97. The summed E-state index contributed by atoms with van der Waals surface area (Å²) in [5, 5.41) is 16.2. The minimum Gasteiger partial charge on any atom is -0.391 e. The highest BCUT2D eigenvalue weighted by Crippen LogP contribution is 2.12. The molecule has 0 radical (unpaired) electrons. The first-order chi connectivity index (χ1) is 8.40. The summed E-state index contributed by atoms with van der Waals surface area (Å²) in [4.78, 5) is 11.7. The largest absolute Gasteiger partial charge is 0.391 e. The van der Waals surface area contributed by atoms with E-state index in [1.807, 2.05) is 20.8 Å². The number of aliphatic hydroxyl groups is 1. The van der Waals surface area contributed by atoms with Crippen LogP contribution in [0.3, 0.4) is 0 Å². The van der Waals surface area contributed by atoms with Gasteiger partial charge in [0.25, 0.3) is 0 Å². The molecule has 0 spiro atoms. The minimum absolute atomic E-state index is 0.118.